The first kappa shape index (κ1) is 25.3. The van der Waals surface area contributed by atoms with Crippen molar-refractivity contribution in [2.24, 2.45) is 11.7 Å². The molecule has 2 aromatic carbocycles. The van der Waals surface area contributed by atoms with E-state index in [2.05, 4.69) is 73.1 Å². The third kappa shape index (κ3) is 7.92. The summed E-state index contributed by atoms with van der Waals surface area (Å²) >= 11 is 0. The van der Waals surface area contributed by atoms with Crippen molar-refractivity contribution in [1.82, 2.24) is 4.90 Å². The maximum atomic E-state index is 5.77. The summed E-state index contributed by atoms with van der Waals surface area (Å²) in [6, 6.07) is 17.9. The van der Waals surface area contributed by atoms with Gasteiger partial charge in [-0.15, -0.1) is 6.58 Å². The van der Waals surface area contributed by atoms with Gasteiger partial charge in [0.25, 0.3) is 0 Å². The molecule has 170 valence electrons. The van der Waals surface area contributed by atoms with Crippen LogP contribution < -0.4 is 5.73 Å². The summed E-state index contributed by atoms with van der Waals surface area (Å²) in [4.78, 5) is 2.35. The fraction of sp³-hybridized carbons (Fsp3) is 0.500. The molecule has 2 fully saturated rings. The van der Waals surface area contributed by atoms with E-state index in [-0.39, 0.29) is 0 Å². The monoisotopic (exact) mass is 422 g/mol. The molecule has 0 aromatic heterocycles. The Morgan fingerprint density at radius 3 is 2.42 bits per heavy atom. The number of nitrogens with zero attached hydrogens (tertiary/aromatic N) is 1. The van der Waals surface area contributed by atoms with Crippen LogP contribution in [0.4, 0.5) is 0 Å². The van der Waals surface area contributed by atoms with Crippen LogP contribution in [0.2, 0.25) is 0 Å². The number of hydrogen-bond acceptors (Lipinski definition) is 3. The minimum absolute atomic E-state index is 0.468. The van der Waals surface area contributed by atoms with E-state index in [1.54, 1.807) is 7.11 Å². The third-order valence-corrected chi connectivity index (χ3v) is 6.08. The van der Waals surface area contributed by atoms with Crippen LogP contribution in [0.5, 0.6) is 0 Å². The molecule has 1 saturated heterocycles. The van der Waals surface area contributed by atoms with E-state index in [4.69, 9.17) is 10.5 Å². The van der Waals surface area contributed by atoms with E-state index in [1.807, 2.05) is 13.8 Å². The summed E-state index contributed by atoms with van der Waals surface area (Å²) in [7, 11) is 3.89. The topological polar surface area (TPSA) is 38.5 Å². The molecule has 4 rings (SSSR count). The van der Waals surface area contributed by atoms with Crippen LogP contribution in [0.25, 0.3) is 11.1 Å². The van der Waals surface area contributed by atoms with E-state index in [1.165, 1.54) is 61.0 Å². The molecule has 3 heteroatoms. The van der Waals surface area contributed by atoms with E-state index in [9.17, 15) is 0 Å². The highest BCUT2D eigenvalue weighted by molar-refractivity contribution is 5.69. The lowest BCUT2D eigenvalue weighted by Crippen LogP contribution is -2.23. The molecule has 3 unspecified atom stereocenters. The zero-order valence-corrected chi connectivity index (χ0v) is 20.0. The second-order valence-corrected chi connectivity index (χ2v) is 8.45. The van der Waals surface area contributed by atoms with E-state index < -0.39 is 0 Å². The van der Waals surface area contributed by atoms with Crippen molar-refractivity contribution in [1.29, 1.82) is 0 Å². The quantitative estimate of drug-likeness (QED) is 0.579. The highest BCUT2D eigenvalue weighted by Gasteiger charge is 2.36. The largest absolute Gasteiger partial charge is 0.380 e. The van der Waals surface area contributed by atoms with Crippen LogP contribution in [-0.4, -0.2) is 38.2 Å². The van der Waals surface area contributed by atoms with E-state index in [0.29, 0.717) is 24.5 Å². The molecule has 3 nitrogen and oxygen atoms in total. The van der Waals surface area contributed by atoms with Crippen molar-refractivity contribution in [3.05, 3.63) is 72.3 Å². The number of nitrogens with two attached hydrogens (primary N) is 1. The lowest BCUT2D eigenvalue weighted by molar-refractivity contribution is 0.185. The second-order valence-electron chi connectivity index (χ2n) is 8.45. The number of ether oxygens (including phenoxy) is 1. The molecule has 3 atom stereocenters. The Bertz CT molecular complexity index is 761. The van der Waals surface area contributed by atoms with Crippen LogP contribution in [0.3, 0.4) is 0 Å². The number of hydrogen-bond donors (Lipinski definition) is 1. The standard InChI is InChI=1S/C19H20O.C7H16N2.C2H6/c1-3-15-12-19(15)18-7-5-4-6-17(18)16-10-8-14(9-11-16)13-20-2;1-9-5-2-3-7(8)4-6-9;1-2/h3-11,15,19H,1,12-13H2,2H3;7H,2-6,8H2,1H3;1-2H3. The Labute approximate surface area is 190 Å². The molecule has 0 spiro atoms. The van der Waals surface area contributed by atoms with Crippen LogP contribution in [-0.2, 0) is 11.3 Å². The summed E-state index contributed by atoms with van der Waals surface area (Å²) in [6.07, 6.45) is 6.99. The molecule has 1 heterocycles. The van der Waals surface area contributed by atoms with Crippen LogP contribution >= 0.6 is 0 Å². The SMILES string of the molecule is C=CC1CC1c1ccccc1-c1ccc(COC)cc1.CC.CN1CCCC(N)CC1. The normalized spacial score (nSPS) is 22.8. The Morgan fingerprint density at radius 2 is 1.77 bits per heavy atom. The van der Waals surface area contributed by atoms with Crippen molar-refractivity contribution in [3.8, 4) is 11.1 Å². The maximum absolute atomic E-state index is 5.77. The van der Waals surface area contributed by atoms with Crippen molar-refractivity contribution >= 4 is 0 Å². The number of rotatable bonds is 5. The minimum Gasteiger partial charge on any atom is -0.380 e. The first-order chi connectivity index (χ1) is 15.1. The van der Waals surface area contributed by atoms with Crippen LogP contribution in [0.15, 0.2) is 61.2 Å². The Morgan fingerprint density at radius 1 is 1.06 bits per heavy atom. The third-order valence-electron chi connectivity index (χ3n) is 6.08. The lowest BCUT2D eigenvalue weighted by Gasteiger charge is -2.11. The molecule has 1 aliphatic heterocycles. The first-order valence-corrected chi connectivity index (χ1v) is 11.9. The number of benzene rings is 2. The fourth-order valence-electron chi connectivity index (χ4n) is 4.13. The summed E-state index contributed by atoms with van der Waals surface area (Å²) in [5.41, 5.74) is 11.1. The van der Waals surface area contributed by atoms with Gasteiger partial charge >= 0.3 is 0 Å². The predicted octanol–water partition coefficient (Wildman–Crippen LogP) is 6.25. The zero-order chi connectivity index (χ0) is 22.6. The highest BCUT2D eigenvalue weighted by atomic mass is 16.5. The smallest absolute Gasteiger partial charge is 0.0713 e. The van der Waals surface area contributed by atoms with Crippen LogP contribution in [0, 0.1) is 5.92 Å². The molecule has 1 saturated carbocycles. The van der Waals surface area contributed by atoms with Crippen molar-refractivity contribution < 1.29 is 4.74 Å². The van der Waals surface area contributed by atoms with Gasteiger partial charge in [0, 0.05) is 13.2 Å². The molecular weight excluding hydrogens is 380 g/mol. The summed E-state index contributed by atoms with van der Waals surface area (Å²) in [5.74, 6) is 1.31. The van der Waals surface area contributed by atoms with E-state index >= 15 is 0 Å². The van der Waals surface area contributed by atoms with Gasteiger partial charge in [-0.2, -0.15) is 0 Å². The predicted molar refractivity (Wildman–Crippen MR) is 134 cm³/mol. The summed E-state index contributed by atoms with van der Waals surface area (Å²) in [5, 5.41) is 0. The fourth-order valence-corrected chi connectivity index (χ4v) is 4.13. The van der Waals surface area contributed by atoms with Gasteiger partial charge in [-0.3, -0.25) is 0 Å². The lowest BCUT2D eigenvalue weighted by atomic mass is 9.95. The van der Waals surface area contributed by atoms with Crippen molar-refractivity contribution in [2.45, 2.75) is 58.1 Å². The van der Waals surface area contributed by atoms with Gasteiger partial charge in [-0.1, -0.05) is 68.5 Å². The Hall–Kier alpha value is -1.94. The molecular formula is C28H42N2O. The second kappa shape index (κ2) is 13.5. The van der Waals surface area contributed by atoms with Crippen molar-refractivity contribution in [3.63, 3.8) is 0 Å². The molecule has 31 heavy (non-hydrogen) atoms. The number of methoxy groups -OCH3 is 1. The van der Waals surface area contributed by atoms with Gasteiger partial charge in [0.2, 0.25) is 0 Å². The van der Waals surface area contributed by atoms with Gasteiger partial charge in [-0.25, -0.2) is 0 Å². The van der Waals surface area contributed by atoms with Gasteiger partial charge in [-0.05, 0) is 79.9 Å². The van der Waals surface area contributed by atoms with Gasteiger partial charge in [0.15, 0.2) is 0 Å². The van der Waals surface area contributed by atoms with Gasteiger partial charge in [0.1, 0.15) is 0 Å². The summed E-state index contributed by atoms with van der Waals surface area (Å²) in [6.45, 7) is 11.0. The van der Waals surface area contributed by atoms with E-state index in [0.717, 1.165) is 0 Å². The zero-order valence-electron chi connectivity index (χ0n) is 20.0. The average molecular weight is 423 g/mol. The molecule has 1 aliphatic carbocycles. The molecule has 2 aliphatic rings. The summed E-state index contributed by atoms with van der Waals surface area (Å²) < 4.78 is 5.16. The molecule has 0 bridgehead atoms. The molecule has 2 aromatic rings. The van der Waals surface area contributed by atoms with Gasteiger partial charge in [0.05, 0.1) is 6.61 Å². The average Bonchev–Trinajstić information content (AvgIpc) is 3.62. The van der Waals surface area contributed by atoms with Crippen molar-refractivity contribution in [2.75, 3.05) is 27.2 Å². The maximum Gasteiger partial charge on any atom is 0.0713 e. The first-order valence-electron chi connectivity index (χ1n) is 11.9. The number of allylic oxidation sites excluding steroid dienone is 1. The highest BCUT2D eigenvalue weighted by Crippen LogP contribution is 2.50. The Kier molecular flexibility index (Phi) is 11.0. The Balaban J connectivity index is 0.000000261. The van der Waals surface area contributed by atoms with Gasteiger partial charge < -0.3 is 15.4 Å². The minimum atomic E-state index is 0.468. The molecule has 0 radical (unpaired) electrons. The number of likely N-dealkylation sites (tertiary alicyclic amines) is 1. The molecule has 0 amide bonds. The molecule has 2 N–H and O–H groups in total. The van der Waals surface area contributed by atoms with Crippen LogP contribution in [0.1, 0.15) is 56.6 Å².